The Labute approximate surface area is 127 Å². The summed E-state index contributed by atoms with van der Waals surface area (Å²) >= 11 is 1.76. The lowest BCUT2D eigenvalue weighted by Crippen LogP contribution is -2.52. The van der Waals surface area contributed by atoms with Crippen LogP contribution in [0.1, 0.15) is 17.0 Å². The van der Waals surface area contributed by atoms with Crippen molar-refractivity contribution < 1.29 is 14.7 Å². The fourth-order valence-corrected chi connectivity index (χ4v) is 3.86. The monoisotopic (exact) mass is 306 g/mol. The van der Waals surface area contributed by atoms with Gasteiger partial charge in [-0.1, -0.05) is 24.3 Å². The Bertz CT molecular complexity index is 558. The fraction of sp³-hybridized carbons (Fsp3) is 0.467. The van der Waals surface area contributed by atoms with Gasteiger partial charge in [0.1, 0.15) is 0 Å². The number of carbonyl (C=O) groups is 2. The summed E-state index contributed by atoms with van der Waals surface area (Å²) < 4.78 is 0. The molecule has 1 aromatic carbocycles. The lowest BCUT2D eigenvalue weighted by Gasteiger charge is -2.36. The highest BCUT2D eigenvalue weighted by atomic mass is 32.2. The lowest BCUT2D eigenvalue weighted by molar-refractivity contribution is -0.141. The summed E-state index contributed by atoms with van der Waals surface area (Å²) in [5, 5.41) is 12.7. The Morgan fingerprint density at radius 3 is 2.86 bits per heavy atom. The van der Waals surface area contributed by atoms with Crippen molar-refractivity contribution in [3.05, 3.63) is 35.4 Å². The van der Waals surface area contributed by atoms with E-state index in [-0.39, 0.29) is 18.5 Å². The standard InChI is InChI=1S/C15H18N2O3S/c18-14(13-9-21-6-5-16-13)17-7-10-3-1-2-4-11(10)12(8-17)15(19)20/h1-4,12-13,16H,5-9H2,(H,19,20). The summed E-state index contributed by atoms with van der Waals surface area (Å²) in [6, 6.07) is 7.31. The zero-order valence-corrected chi connectivity index (χ0v) is 12.4. The zero-order valence-electron chi connectivity index (χ0n) is 11.6. The molecule has 1 saturated heterocycles. The predicted octanol–water partition coefficient (Wildman–Crippen LogP) is 0.902. The third-order valence-corrected chi connectivity index (χ3v) is 5.09. The summed E-state index contributed by atoms with van der Waals surface area (Å²) in [4.78, 5) is 25.8. The van der Waals surface area contributed by atoms with Crippen molar-refractivity contribution in [1.82, 2.24) is 10.2 Å². The number of rotatable bonds is 2. The summed E-state index contributed by atoms with van der Waals surface area (Å²) in [5.41, 5.74) is 1.77. The second-order valence-electron chi connectivity index (χ2n) is 5.39. The SMILES string of the molecule is O=C(O)C1CN(C(=O)C2CSCCN2)Cc2ccccc21. The average Bonchev–Trinajstić information content (AvgIpc) is 2.53. The van der Waals surface area contributed by atoms with Gasteiger partial charge in [-0.05, 0) is 11.1 Å². The van der Waals surface area contributed by atoms with Gasteiger partial charge in [0.25, 0.3) is 0 Å². The van der Waals surface area contributed by atoms with Gasteiger partial charge in [-0.25, -0.2) is 0 Å². The van der Waals surface area contributed by atoms with Crippen LogP contribution in [-0.2, 0) is 16.1 Å². The molecule has 0 saturated carbocycles. The Morgan fingerprint density at radius 1 is 1.33 bits per heavy atom. The van der Waals surface area contributed by atoms with Crippen LogP contribution in [0.25, 0.3) is 0 Å². The first-order valence-corrected chi connectivity index (χ1v) is 8.23. The predicted molar refractivity (Wildman–Crippen MR) is 81.4 cm³/mol. The van der Waals surface area contributed by atoms with E-state index >= 15 is 0 Å². The Morgan fingerprint density at radius 2 is 2.14 bits per heavy atom. The van der Waals surface area contributed by atoms with E-state index in [2.05, 4.69) is 5.32 Å². The van der Waals surface area contributed by atoms with E-state index in [1.54, 1.807) is 16.7 Å². The maximum Gasteiger partial charge on any atom is 0.312 e. The molecular formula is C15H18N2O3S. The highest BCUT2D eigenvalue weighted by Gasteiger charge is 2.35. The van der Waals surface area contributed by atoms with Crippen molar-refractivity contribution in [3.8, 4) is 0 Å². The smallest absolute Gasteiger partial charge is 0.312 e. The molecule has 2 N–H and O–H groups in total. The maximum absolute atomic E-state index is 12.6. The van der Waals surface area contributed by atoms with E-state index in [4.69, 9.17) is 0 Å². The van der Waals surface area contributed by atoms with E-state index in [0.717, 1.165) is 29.2 Å². The van der Waals surface area contributed by atoms with Gasteiger partial charge >= 0.3 is 5.97 Å². The highest BCUT2D eigenvalue weighted by molar-refractivity contribution is 7.99. The number of nitrogens with zero attached hydrogens (tertiary/aromatic N) is 1. The number of thioether (sulfide) groups is 1. The topological polar surface area (TPSA) is 69.6 Å². The third kappa shape index (κ3) is 2.91. The molecule has 0 aromatic heterocycles. The molecule has 2 aliphatic rings. The number of aliphatic carboxylic acids is 1. The van der Waals surface area contributed by atoms with E-state index in [1.807, 2.05) is 24.3 Å². The molecule has 2 unspecified atom stereocenters. The fourth-order valence-electron chi connectivity index (χ4n) is 2.93. The van der Waals surface area contributed by atoms with Crippen molar-refractivity contribution in [2.24, 2.45) is 0 Å². The number of hydrogen-bond acceptors (Lipinski definition) is 4. The molecule has 1 fully saturated rings. The molecule has 112 valence electrons. The van der Waals surface area contributed by atoms with Crippen LogP contribution in [0.3, 0.4) is 0 Å². The van der Waals surface area contributed by atoms with Gasteiger partial charge in [-0.15, -0.1) is 0 Å². The minimum Gasteiger partial charge on any atom is -0.481 e. The lowest BCUT2D eigenvalue weighted by atomic mass is 9.89. The van der Waals surface area contributed by atoms with E-state index in [0.29, 0.717) is 6.54 Å². The number of amides is 1. The van der Waals surface area contributed by atoms with E-state index < -0.39 is 11.9 Å². The molecule has 21 heavy (non-hydrogen) atoms. The van der Waals surface area contributed by atoms with Gasteiger partial charge in [0.2, 0.25) is 5.91 Å². The molecule has 0 radical (unpaired) electrons. The van der Waals surface area contributed by atoms with Crippen LogP contribution >= 0.6 is 11.8 Å². The van der Waals surface area contributed by atoms with Crippen LogP contribution in [0.15, 0.2) is 24.3 Å². The van der Waals surface area contributed by atoms with Crippen LogP contribution in [-0.4, -0.2) is 52.5 Å². The summed E-state index contributed by atoms with van der Waals surface area (Å²) in [6.07, 6.45) is 0. The number of benzene rings is 1. The third-order valence-electron chi connectivity index (χ3n) is 4.02. The Hall–Kier alpha value is -1.53. The molecule has 0 spiro atoms. The van der Waals surface area contributed by atoms with E-state index in [1.165, 1.54) is 0 Å². The summed E-state index contributed by atoms with van der Waals surface area (Å²) in [7, 11) is 0. The van der Waals surface area contributed by atoms with Crippen molar-refractivity contribution >= 4 is 23.6 Å². The minimum absolute atomic E-state index is 0.0166. The minimum atomic E-state index is -0.870. The van der Waals surface area contributed by atoms with Crippen molar-refractivity contribution in [1.29, 1.82) is 0 Å². The van der Waals surface area contributed by atoms with E-state index in [9.17, 15) is 14.7 Å². The first kappa shape index (κ1) is 14.4. The number of carboxylic acid groups (broad SMARTS) is 1. The van der Waals surface area contributed by atoms with Gasteiger partial charge in [-0.3, -0.25) is 9.59 Å². The molecule has 5 nitrogen and oxygen atoms in total. The normalized spacial score (nSPS) is 25.2. The number of nitrogens with one attached hydrogen (secondary N) is 1. The molecule has 2 atom stereocenters. The number of carboxylic acids is 1. The molecule has 0 aliphatic carbocycles. The first-order valence-electron chi connectivity index (χ1n) is 7.07. The van der Waals surface area contributed by atoms with Crippen LogP contribution < -0.4 is 5.32 Å². The molecule has 2 heterocycles. The van der Waals surface area contributed by atoms with Crippen LogP contribution in [0.4, 0.5) is 0 Å². The highest BCUT2D eigenvalue weighted by Crippen LogP contribution is 2.29. The molecular weight excluding hydrogens is 288 g/mol. The van der Waals surface area contributed by atoms with Crippen LogP contribution in [0.2, 0.25) is 0 Å². The molecule has 6 heteroatoms. The zero-order chi connectivity index (χ0) is 14.8. The second kappa shape index (κ2) is 6.07. The van der Waals surface area contributed by atoms with Gasteiger partial charge in [0.05, 0.1) is 12.0 Å². The van der Waals surface area contributed by atoms with Gasteiger partial charge in [0, 0.05) is 31.1 Å². The quantitative estimate of drug-likeness (QED) is 0.850. The largest absolute Gasteiger partial charge is 0.481 e. The molecule has 1 aromatic rings. The summed E-state index contributed by atoms with van der Waals surface area (Å²) in [6.45, 7) is 1.59. The molecule has 1 amide bonds. The van der Waals surface area contributed by atoms with Crippen LogP contribution in [0.5, 0.6) is 0 Å². The average molecular weight is 306 g/mol. The Balaban J connectivity index is 1.82. The molecule has 2 aliphatic heterocycles. The number of carbonyl (C=O) groups excluding carboxylic acids is 1. The number of fused-ring (bicyclic) bond motifs is 1. The molecule has 3 rings (SSSR count). The number of hydrogen-bond donors (Lipinski definition) is 2. The van der Waals surface area contributed by atoms with Crippen molar-refractivity contribution in [3.63, 3.8) is 0 Å². The second-order valence-corrected chi connectivity index (χ2v) is 6.54. The summed E-state index contributed by atoms with van der Waals surface area (Å²) in [5.74, 6) is 0.294. The van der Waals surface area contributed by atoms with Crippen molar-refractivity contribution in [2.45, 2.75) is 18.5 Å². The molecule has 0 bridgehead atoms. The van der Waals surface area contributed by atoms with Gasteiger partial charge in [0.15, 0.2) is 0 Å². The first-order chi connectivity index (χ1) is 10.2. The van der Waals surface area contributed by atoms with Crippen LogP contribution in [0, 0.1) is 0 Å². The Kier molecular flexibility index (Phi) is 4.17. The van der Waals surface area contributed by atoms with Gasteiger partial charge < -0.3 is 15.3 Å². The van der Waals surface area contributed by atoms with Crippen molar-refractivity contribution in [2.75, 3.05) is 24.6 Å². The maximum atomic E-state index is 12.6. The van der Waals surface area contributed by atoms with Gasteiger partial charge in [-0.2, -0.15) is 11.8 Å².